The Morgan fingerprint density at radius 3 is 3.00 bits per heavy atom. The van der Waals surface area contributed by atoms with Gasteiger partial charge >= 0.3 is 0 Å². The van der Waals surface area contributed by atoms with Crippen LogP contribution in [-0.2, 0) is 17.7 Å². The van der Waals surface area contributed by atoms with Crippen molar-refractivity contribution in [2.45, 2.75) is 25.9 Å². The first kappa shape index (κ1) is 18.3. The van der Waals surface area contributed by atoms with Crippen molar-refractivity contribution in [1.29, 1.82) is 0 Å². The zero-order valence-corrected chi connectivity index (χ0v) is 15.4. The molecule has 0 aliphatic rings. The second kappa shape index (κ2) is 8.28. The lowest BCUT2D eigenvalue weighted by Gasteiger charge is -2.08. The van der Waals surface area contributed by atoms with E-state index in [9.17, 15) is 0 Å². The van der Waals surface area contributed by atoms with E-state index in [2.05, 4.69) is 22.1 Å². The number of nitrogens with one attached hydrogen (secondary N) is 1. The minimum absolute atomic E-state index is 0.201. The smallest absolute Gasteiger partial charge is 0.177 e. The number of hydrogen-bond donors (Lipinski definition) is 2. The minimum atomic E-state index is -0.201. The fourth-order valence-corrected chi connectivity index (χ4v) is 2.91. The van der Waals surface area contributed by atoms with E-state index >= 15 is 0 Å². The highest BCUT2D eigenvalue weighted by molar-refractivity contribution is 6.30. The number of methoxy groups -OCH3 is 1. The Kier molecular flexibility index (Phi) is 5.84. The van der Waals surface area contributed by atoms with E-state index in [1.54, 1.807) is 26.4 Å². The van der Waals surface area contributed by atoms with Gasteiger partial charge in [0.1, 0.15) is 22.2 Å². The zero-order valence-electron chi connectivity index (χ0n) is 14.6. The molecule has 0 unspecified atom stereocenters. The van der Waals surface area contributed by atoms with E-state index in [1.165, 1.54) is 0 Å². The Balaban J connectivity index is 2.01. The molecule has 3 aromatic rings. The lowest BCUT2D eigenvalue weighted by Crippen LogP contribution is -2.28. The summed E-state index contributed by atoms with van der Waals surface area (Å²) in [5, 5.41) is 3.63. The van der Waals surface area contributed by atoms with Crippen LogP contribution in [0.3, 0.4) is 0 Å². The number of pyridine rings is 1. The van der Waals surface area contributed by atoms with Crippen LogP contribution in [0, 0.1) is 11.8 Å². The van der Waals surface area contributed by atoms with Crippen LogP contribution >= 0.6 is 11.6 Å². The molecule has 6 nitrogen and oxygen atoms in total. The first-order valence-electron chi connectivity index (χ1n) is 8.17. The summed E-state index contributed by atoms with van der Waals surface area (Å²) in [7, 11) is 1.61. The van der Waals surface area contributed by atoms with Gasteiger partial charge in [-0.3, -0.25) is 0 Å². The molecule has 0 aliphatic heterocycles. The van der Waals surface area contributed by atoms with Crippen molar-refractivity contribution in [1.82, 2.24) is 4.98 Å². The van der Waals surface area contributed by atoms with E-state index in [4.69, 9.17) is 30.9 Å². The molecule has 136 valence electrons. The Morgan fingerprint density at radius 1 is 1.46 bits per heavy atom. The van der Waals surface area contributed by atoms with Crippen LogP contribution in [0.25, 0.3) is 11.1 Å². The van der Waals surface area contributed by atoms with Crippen molar-refractivity contribution in [3.05, 3.63) is 46.7 Å². The molecule has 0 fully saturated rings. The number of anilines is 1. The second-order valence-corrected chi connectivity index (χ2v) is 6.19. The highest BCUT2D eigenvalue weighted by Gasteiger charge is 2.20. The lowest BCUT2D eigenvalue weighted by atomic mass is 10.1. The van der Waals surface area contributed by atoms with Gasteiger partial charge in [-0.25, -0.2) is 4.98 Å². The number of nitrogens with two attached hydrogens (primary N) is 1. The van der Waals surface area contributed by atoms with Gasteiger partial charge < -0.3 is 24.6 Å². The largest absolute Gasteiger partial charge is 0.467 e. The van der Waals surface area contributed by atoms with Crippen molar-refractivity contribution in [2.75, 3.05) is 19.0 Å². The average Bonchev–Trinajstić information content (AvgIpc) is 3.23. The second-order valence-electron chi connectivity index (χ2n) is 5.80. The number of nitrogens with zero attached hydrogens (tertiary/aromatic N) is 1. The van der Waals surface area contributed by atoms with E-state index in [0.717, 1.165) is 11.4 Å². The molecule has 3 N–H and O–H groups in total. The molecule has 26 heavy (non-hydrogen) atoms. The van der Waals surface area contributed by atoms with Gasteiger partial charge in [-0.2, -0.15) is 0 Å². The molecule has 0 aromatic carbocycles. The maximum Gasteiger partial charge on any atom is 0.177 e. The summed E-state index contributed by atoms with van der Waals surface area (Å²) < 4.78 is 16.5. The monoisotopic (exact) mass is 373 g/mol. The van der Waals surface area contributed by atoms with E-state index in [1.807, 2.05) is 12.1 Å². The highest BCUT2D eigenvalue weighted by Crippen LogP contribution is 2.32. The maximum absolute atomic E-state index is 6.21. The van der Waals surface area contributed by atoms with Crippen molar-refractivity contribution in [3.63, 3.8) is 0 Å². The number of ether oxygens (including phenoxy) is 1. The van der Waals surface area contributed by atoms with Crippen LogP contribution in [-0.4, -0.2) is 24.7 Å². The molecule has 0 spiro atoms. The normalized spacial score (nSPS) is 12.0. The standard InChI is InChI=1S/C19H20ClN3O3/c1-3-5-14-16(8-12(21)11-24-2)26-19-15(9-17(20)23-18(14)19)22-10-13-6-4-7-25-13/h4,6-7,9,12H,8,10-11,21H2,1-2H3,(H,22,23)/t12-/m1/s1. The fraction of sp³-hybridized carbons (Fsp3) is 0.316. The quantitative estimate of drug-likeness (QED) is 0.486. The van der Waals surface area contributed by atoms with Crippen LogP contribution < -0.4 is 11.1 Å². The van der Waals surface area contributed by atoms with Gasteiger partial charge in [-0.05, 0) is 19.1 Å². The van der Waals surface area contributed by atoms with Crippen molar-refractivity contribution < 1.29 is 13.6 Å². The van der Waals surface area contributed by atoms with Gasteiger partial charge in [-0.15, -0.1) is 5.92 Å². The minimum Gasteiger partial charge on any atom is -0.467 e. The Labute approximate surface area is 156 Å². The number of furan rings is 2. The van der Waals surface area contributed by atoms with Crippen molar-refractivity contribution in [2.24, 2.45) is 5.73 Å². The molecule has 1 atom stereocenters. The maximum atomic E-state index is 6.21. The molecular weight excluding hydrogens is 354 g/mol. The molecule has 0 saturated heterocycles. The van der Waals surface area contributed by atoms with E-state index in [0.29, 0.717) is 47.1 Å². The number of fused-ring (bicyclic) bond motifs is 1. The molecule has 3 heterocycles. The van der Waals surface area contributed by atoms with Crippen molar-refractivity contribution in [3.8, 4) is 11.8 Å². The van der Waals surface area contributed by atoms with Crippen LogP contribution in [0.1, 0.15) is 24.0 Å². The average molecular weight is 374 g/mol. The van der Waals surface area contributed by atoms with Crippen LogP contribution in [0.15, 0.2) is 33.3 Å². The Bertz CT molecular complexity index is 938. The molecule has 0 saturated carbocycles. The highest BCUT2D eigenvalue weighted by atomic mass is 35.5. The number of rotatable bonds is 7. The summed E-state index contributed by atoms with van der Waals surface area (Å²) in [5.74, 6) is 7.44. The molecule has 0 aliphatic carbocycles. The summed E-state index contributed by atoms with van der Waals surface area (Å²) in [6, 6.07) is 5.24. The van der Waals surface area contributed by atoms with E-state index in [-0.39, 0.29) is 6.04 Å². The van der Waals surface area contributed by atoms with Gasteiger partial charge in [0.2, 0.25) is 0 Å². The fourth-order valence-electron chi connectivity index (χ4n) is 2.72. The van der Waals surface area contributed by atoms with Gasteiger partial charge in [-0.1, -0.05) is 17.5 Å². The SMILES string of the molecule is CC#Cc1c(C[C@@H](N)COC)oc2c(NCc3ccco3)cc(Cl)nc12. The van der Waals surface area contributed by atoms with Crippen LogP contribution in [0.2, 0.25) is 5.15 Å². The molecule has 0 amide bonds. The summed E-state index contributed by atoms with van der Waals surface area (Å²) in [4.78, 5) is 4.41. The Hall–Kier alpha value is -2.46. The topological polar surface area (TPSA) is 86.5 Å². The van der Waals surface area contributed by atoms with Crippen LogP contribution in [0.5, 0.6) is 0 Å². The molecule has 3 aromatic heterocycles. The zero-order chi connectivity index (χ0) is 18.5. The number of aromatic nitrogens is 1. The third-order valence-corrected chi connectivity index (χ3v) is 3.99. The molecular formula is C19H20ClN3O3. The third kappa shape index (κ3) is 4.02. The third-order valence-electron chi connectivity index (χ3n) is 3.79. The predicted octanol–water partition coefficient (Wildman–Crippen LogP) is 3.57. The van der Waals surface area contributed by atoms with E-state index < -0.39 is 0 Å². The summed E-state index contributed by atoms with van der Waals surface area (Å²) in [6.45, 7) is 2.68. The summed E-state index contributed by atoms with van der Waals surface area (Å²) in [5.41, 5.74) is 8.73. The van der Waals surface area contributed by atoms with Gasteiger partial charge in [0.25, 0.3) is 0 Å². The summed E-state index contributed by atoms with van der Waals surface area (Å²) in [6.07, 6.45) is 2.12. The molecule has 0 bridgehead atoms. The number of hydrogen-bond acceptors (Lipinski definition) is 6. The predicted molar refractivity (Wildman–Crippen MR) is 101 cm³/mol. The first-order valence-corrected chi connectivity index (χ1v) is 8.55. The van der Waals surface area contributed by atoms with Gasteiger partial charge in [0.15, 0.2) is 5.58 Å². The van der Waals surface area contributed by atoms with Crippen LogP contribution in [0.4, 0.5) is 5.69 Å². The Morgan fingerprint density at radius 2 is 2.31 bits per heavy atom. The molecule has 0 radical (unpaired) electrons. The summed E-state index contributed by atoms with van der Waals surface area (Å²) >= 11 is 6.21. The lowest BCUT2D eigenvalue weighted by molar-refractivity contribution is 0.178. The first-order chi connectivity index (χ1) is 12.6. The van der Waals surface area contributed by atoms with Gasteiger partial charge in [0.05, 0.1) is 30.7 Å². The molecule has 7 heteroatoms. The van der Waals surface area contributed by atoms with Gasteiger partial charge in [0, 0.05) is 25.6 Å². The van der Waals surface area contributed by atoms with Crippen molar-refractivity contribution >= 4 is 28.4 Å². The number of halogens is 1. The molecule has 3 rings (SSSR count).